The second kappa shape index (κ2) is 10.0. The Labute approximate surface area is 196 Å². The van der Waals surface area contributed by atoms with Gasteiger partial charge >= 0.3 is 0 Å². The summed E-state index contributed by atoms with van der Waals surface area (Å²) >= 11 is 6.13. The zero-order valence-corrected chi connectivity index (χ0v) is 19.1. The molecule has 174 valence electrons. The Morgan fingerprint density at radius 1 is 1.24 bits per heavy atom. The number of Topliss-reactive ketones (excluding diaryl/α,β-unsaturated/α-hetero) is 2. The SMILES string of the molecule is N#CC(CC1CCCCC1=O)NC(=O)C(CC(=O)c1cc2c(Cl)ccc(F)c2[nH]1)CC1CC1. The number of fused-ring (bicyclic) bond motifs is 1. The number of carbonyl (C=O) groups excluding carboxylic acids is 3. The largest absolute Gasteiger partial charge is 0.350 e. The third-order valence-electron chi connectivity index (χ3n) is 6.78. The molecule has 1 heterocycles. The Balaban J connectivity index is 1.45. The van der Waals surface area contributed by atoms with E-state index in [-0.39, 0.29) is 41.0 Å². The van der Waals surface area contributed by atoms with E-state index in [1.165, 1.54) is 18.2 Å². The molecule has 2 aliphatic carbocycles. The number of rotatable bonds is 9. The first-order chi connectivity index (χ1) is 15.9. The minimum absolute atomic E-state index is 0.0467. The molecular formula is C25H27ClFN3O3. The maximum absolute atomic E-state index is 14.1. The predicted octanol–water partition coefficient (Wildman–Crippen LogP) is 5.11. The third-order valence-corrected chi connectivity index (χ3v) is 7.11. The van der Waals surface area contributed by atoms with Crippen LogP contribution >= 0.6 is 11.6 Å². The summed E-state index contributed by atoms with van der Waals surface area (Å²) in [7, 11) is 0. The van der Waals surface area contributed by atoms with Gasteiger partial charge in [0.15, 0.2) is 5.78 Å². The van der Waals surface area contributed by atoms with Crippen molar-refractivity contribution in [3.8, 4) is 6.07 Å². The lowest BCUT2D eigenvalue weighted by Gasteiger charge is -2.24. The summed E-state index contributed by atoms with van der Waals surface area (Å²) in [6, 6.07) is 5.53. The van der Waals surface area contributed by atoms with Gasteiger partial charge in [0.25, 0.3) is 0 Å². The molecule has 2 saturated carbocycles. The third kappa shape index (κ3) is 5.62. The summed E-state index contributed by atoms with van der Waals surface area (Å²) in [6.45, 7) is 0. The number of aromatic nitrogens is 1. The number of nitrogens with zero attached hydrogens (tertiary/aromatic N) is 1. The standard InChI is InChI=1S/C25H27ClFN3O3/c26-19-7-8-20(27)24-18(19)12-21(30-24)23(32)11-16(9-14-5-6-14)25(33)29-17(13-28)10-15-3-1-2-4-22(15)31/h7-8,12,14-17,30H,1-6,9-11H2,(H,29,33). The van der Waals surface area contributed by atoms with Gasteiger partial charge in [0, 0.05) is 30.1 Å². The van der Waals surface area contributed by atoms with Gasteiger partial charge in [-0.25, -0.2) is 4.39 Å². The van der Waals surface area contributed by atoms with E-state index >= 15 is 0 Å². The van der Waals surface area contributed by atoms with E-state index in [9.17, 15) is 24.0 Å². The fourth-order valence-corrected chi connectivity index (χ4v) is 4.91. The normalized spacial score (nSPS) is 20.3. The molecule has 1 aromatic heterocycles. The molecule has 33 heavy (non-hydrogen) atoms. The van der Waals surface area contributed by atoms with E-state index in [2.05, 4.69) is 16.4 Å². The number of carbonyl (C=O) groups is 3. The van der Waals surface area contributed by atoms with Crippen molar-refractivity contribution >= 4 is 40.0 Å². The molecule has 6 nitrogen and oxygen atoms in total. The molecule has 2 N–H and O–H groups in total. The average molecular weight is 472 g/mol. The van der Waals surface area contributed by atoms with E-state index in [0.29, 0.717) is 35.6 Å². The lowest BCUT2D eigenvalue weighted by Crippen LogP contribution is -2.41. The van der Waals surface area contributed by atoms with Crippen LogP contribution in [0.15, 0.2) is 18.2 Å². The number of amides is 1. The van der Waals surface area contributed by atoms with Gasteiger partial charge in [0.2, 0.25) is 5.91 Å². The first-order valence-corrected chi connectivity index (χ1v) is 12.0. The topological polar surface area (TPSA) is 103 Å². The Kier molecular flexibility index (Phi) is 7.14. The molecule has 3 atom stereocenters. The molecule has 0 bridgehead atoms. The van der Waals surface area contributed by atoms with Gasteiger partial charge in [-0.3, -0.25) is 14.4 Å². The first kappa shape index (κ1) is 23.4. The molecule has 2 aliphatic rings. The molecule has 4 rings (SSSR count). The van der Waals surface area contributed by atoms with Crippen molar-refractivity contribution in [2.75, 3.05) is 0 Å². The number of nitriles is 1. The van der Waals surface area contributed by atoms with Crippen LogP contribution in [0, 0.1) is 34.9 Å². The molecule has 3 unspecified atom stereocenters. The molecule has 0 spiro atoms. The number of H-pyrrole nitrogens is 1. The smallest absolute Gasteiger partial charge is 0.224 e. The van der Waals surface area contributed by atoms with Crippen LogP contribution in [-0.4, -0.2) is 28.5 Å². The highest BCUT2D eigenvalue weighted by Gasteiger charge is 2.33. The van der Waals surface area contributed by atoms with E-state index < -0.39 is 17.8 Å². The minimum Gasteiger partial charge on any atom is -0.350 e. The van der Waals surface area contributed by atoms with E-state index in [1.54, 1.807) is 0 Å². The fraction of sp³-hybridized carbons (Fsp3) is 0.520. The highest BCUT2D eigenvalue weighted by molar-refractivity contribution is 6.35. The molecule has 0 aliphatic heterocycles. The minimum atomic E-state index is -0.762. The fourth-order valence-electron chi connectivity index (χ4n) is 4.70. The molecule has 2 aromatic rings. The van der Waals surface area contributed by atoms with Crippen molar-refractivity contribution in [3.63, 3.8) is 0 Å². The van der Waals surface area contributed by atoms with Gasteiger partial charge in [-0.05, 0) is 49.8 Å². The number of ketones is 2. The second-order valence-electron chi connectivity index (χ2n) is 9.34. The van der Waals surface area contributed by atoms with Gasteiger partial charge < -0.3 is 10.3 Å². The van der Waals surface area contributed by atoms with Crippen LogP contribution in [-0.2, 0) is 9.59 Å². The van der Waals surface area contributed by atoms with E-state index in [1.807, 2.05) is 0 Å². The van der Waals surface area contributed by atoms with Crippen molar-refractivity contribution in [2.45, 2.75) is 63.8 Å². The molecule has 2 fully saturated rings. The highest BCUT2D eigenvalue weighted by Crippen LogP contribution is 2.37. The summed E-state index contributed by atoms with van der Waals surface area (Å²) in [5.74, 6) is -1.39. The summed E-state index contributed by atoms with van der Waals surface area (Å²) < 4.78 is 14.1. The van der Waals surface area contributed by atoms with Crippen LogP contribution in [0.3, 0.4) is 0 Å². The second-order valence-corrected chi connectivity index (χ2v) is 9.75. The number of hydrogen-bond acceptors (Lipinski definition) is 4. The van der Waals surface area contributed by atoms with Crippen molar-refractivity contribution in [3.05, 3.63) is 34.7 Å². The van der Waals surface area contributed by atoms with Crippen LogP contribution in [0.25, 0.3) is 10.9 Å². The van der Waals surface area contributed by atoms with Gasteiger partial charge in [-0.2, -0.15) is 5.26 Å². The molecule has 1 aromatic carbocycles. The summed E-state index contributed by atoms with van der Waals surface area (Å²) in [6.07, 6.45) is 5.98. The number of hydrogen-bond donors (Lipinski definition) is 2. The Bertz CT molecular complexity index is 1080. The van der Waals surface area contributed by atoms with E-state index in [4.69, 9.17) is 11.6 Å². The molecule has 0 saturated heterocycles. The molecule has 8 heteroatoms. The number of nitrogens with one attached hydrogen (secondary N) is 2. The van der Waals surface area contributed by atoms with E-state index in [0.717, 1.165) is 32.1 Å². The monoisotopic (exact) mass is 471 g/mol. The van der Waals surface area contributed by atoms with Crippen LogP contribution in [0.1, 0.15) is 68.3 Å². The quantitative estimate of drug-likeness (QED) is 0.496. The number of benzene rings is 1. The van der Waals surface area contributed by atoms with Crippen molar-refractivity contribution < 1.29 is 18.8 Å². The van der Waals surface area contributed by atoms with Crippen LogP contribution in [0.5, 0.6) is 0 Å². The average Bonchev–Trinajstić information content (AvgIpc) is 3.49. The lowest BCUT2D eigenvalue weighted by atomic mass is 9.83. The summed E-state index contributed by atoms with van der Waals surface area (Å²) in [5, 5.41) is 13.1. The zero-order valence-electron chi connectivity index (χ0n) is 18.3. The molecular weight excluding hydrogens is 445 g/mol. The van der Waals surface area contributed by atoms with Crippen LogP contribution in [0.2, 0.25) is 5.02 Å². The first-order valence-electron chi connectivity index (χ1n) is 11.6. The maximum atomic E-state index is 14.1. The van der Waals surface area contributed by atoms with Crippen molar-refractivity contribution in [2.24, 2.45) is 17.8 Å². The Morgan fingerprint density at radius 2 is 2.03 bits per heavy atom. The summed E-state index contributed by atoms with van der Waals surface area (Å²) in [5.41, 5.74) is 0.367. The van der Waals surface area contributed by atoms with Gasteiger partial charge in [0.1, 0.15) is 17.6 Å². The van der Waals surface area contributed by atoms with Crippen LogP contribution in [0.4, 0.5) is 4.39 Å². The van der Waals surface area contributed by atoms with Crippen molar-refractivity contribution in [1.29, 1.82) is 5.26 Å². The number of halogens is 2. The zero-order chi connectivity index (χ0) is 23.5. The van der Waals surface area contributed by atoms with Crippen LogP contribution < -0.4 is 5.32 Å². The van der Waals surface area contributed by atoms with Gasteiger partial charge in [0.05, 0.1) is 22.3 Å². The molecule has 0 radical (unpaired) electrons. The maximum Gasteiger partial charge on any atom is 0.224 e. The lowest BCUT2D eigenvalue weighted by molar-refractivity contribution is -0.127. The van der Waals surface area contributed by atoms with Crippen molar-refractivity contribution in [1.82, 2.24) is 10.3 Å². The predicted molar refractivity (Wildman–Crippen MR) is 122 cm³/mol. The Hall–Kier alpha value is -2.72. The summed E-state index contributed by atoms with van der Waals surface area (Å²) in [4.78, 5) is 41.0. The Morgan fingerprint density at radius 3 is 2.70 bits per heavy atom. The molecule has 1 amide bonds. The van der Waals surface area contributed by atoms with Gasteiger partial charge in [-0.15, -0.1) is 0 Å². The number of aromatic amines is 1. The highest BCUT2D eigenvalue weighted by atomic mass is 35.5. The van der Waals surface area contributed by atoms with Gasteiger partial charge in [-0.1, -0.05) is 30.9 Å².